The highest BCUT2D eigenvalue weighted by Crippen LogP contribution is 2.73. The molecule has 7 heteroatoms. The number of aliphatic carboxylic acids is 1. The van der Waals surface area contributed by atoms with Crippen LogP contribution in [0.15, 0.2) is 22.8 Å². The Morgan fingerprint density at radius 1 is 0.976 bits per heavy atom. The van der Waals surface area contributed by atoms with E-state index in [0.29, 0.717) is 24.3 Å². The molecule has 41 heavy (non-hydrogen) atoms. The summed E-state index contributed by atoms with van der Waals surface area (Å²) in [4.78, 5) is 35.7. The number of rotatable bonds is 7. The molecular formula is C34H52O7. The second kappa shape index (κ2) is 10.8. The third-order valence-corrected chi connectivity index (χ3v) is 12.5. The zero-order chi connectivity index (χ0) is 30.7. The van der Waals surface area contributed by atoms with Gasteiger partial charge in [-0.2, -0.15) is 0 Å². The molecule has 0 radical (unpaired) electrons. The number of hydrogen-bond acceptors (Lipinski definition) is 6. The van der Waals surface area contributed by atoms with Gasteiger partial charge < -0.3 is 19.7 Å². The van der Waals surface area contributed by atoms with Crippen molar-refractivity contribution in [2.24, 2.45) is 39.4 Å². The van der Waals surface area contributed by atoms with E-state index >= 15 is 0 Å². The third-order valence-electron chi connectivity index (χ3n) is 12.5. The monoisotopic (exact) mass is 572 g/mol. The van der Waals surface area contributed by atoms with Crippen molar-refractivity contribution in [3.63, 3.8) is 0 Å². The van der Waals surface area contributed by atoms with E-state index in [4.69, 9.17) is 9.47 Å². The van der Waals surface area contributed by atoms with Gasteiger partial charge in [0.15, 0.2) is 0 Å². The fourth-order valence-corrected chi connectivity index (χ4v) is 10.2. The van der Waals surface area contributed by atoms with Gasteiger partial charge in [-0.3, -0.25) is 9.59 Å². The Bertz CT molecular complexity index is 1150. The molecule has 7 nitrogen and oxygen atoms in total. The van der Waals surface area contributed by atoms with Crippen LogP contribution in [0.3, 0.4) is 0 Å². The first kappa shape index (κ1) is 31.8. The summed E-state index contributed by atoms with van der Waals surface area (Å²) in [6, 6.07) is 0. The second-order valence-electron chi connectivity index (χ2n) is 14.9. The molecule has 0 amide bonds. The van der Waals surface area contributed by atoms with Crippen LogP contribution < -0.4 is 0 Å². The first-order valence-corrected chi connectivity index (χ1v) is 15.6. The minimum atomic E-state index is -0.886. The number of hydrogen-bond donors (Lipinski definition) is 2. The largest absolute Gasteiger partial charge is 0.478 e. The number of aliphatic hydroxyl groups excluding tert-OH is 1. The predicted molar refractivity (Wildman–Crippen MR) is 157 cm³/mol. The lowest BCUT2D eigenvalue weighted by atomic mass is 9.42. The maximum absolute atomic E-state index is 12.4. The average molecular weight is 573 g/mol. The summed E-state index contributed by atoms with van der Waals surface area (Å²) in [5.41, 5.74) is 1.67. The summed E-state index contributed by atoms with van der Waals surface area (Å²) in [6.45, 7) is 18.1. The van der Waals surface area contributed by atoms with Gasteiger partial charge in [0, 0.05) is 30.3 Å². The highest BCUT2D eigenvalue weighted by atomic mass is 16.5. The summed E-state index contributed by atoms with van der Waals surface area (Å²) < 4.78 is 11.9. The van der Waals surface area contributed by atoms with E-state index in [1.807, 2.05) is 0 Å². The Morgan fingerprint density at radius 2 is 1.59 bits per heavy atom. The molecule has 2 N–H and O–H groups in total. The molecule has 0 heterocycles. The Hall–Kier alpha value is -2.15. The van der Waals surface area contributed by atoms with Crippen LogP contribution >= 0.6 is 0 Å². The minimum absolute atomic E-state index is 0.136. The number of carboxylic acids is 1. The molecular weight excluding hydrogens is 520 g/mol. The molecule has 0 bridgehead atoms. The number of aliphatic hydroxyl groups is 1. The number of carbonyl (C=O) groups excluding carboxylic acids is 2. The Labute approximate surface area is 246 Å². The Balaban J connectivity index is 1.75. The second-order valence-corrected chi connectivity index (χ2v) is 14.9. The first-order valence-electron chi connectivity index (χ1n) is 15.6. The molecule has 4 rings (SSSR count). The number of carbonyl (C=O) groups is 3. The normalized spacial score (nSPS) is 40.6. The molecule has 0 aromatic carbocycles. The lowest BCUT2D eigenvalue weighted by Crippen LogP contribution is -2.59. The van der Waals surface area contributed by atoms with Crippen molar-refractivity contribution in [3.05, 3.63) is 22.8 Å². The van der Waals surface area contributed by atoms with Gasteiger partial charge in [-0.25, -0.2) is 4.79 Å². The van der Waals surface area contributed by atoms with E-state index < -0.39 is 17.5 Å². The molecule has 9 unspecified atom stereocenters. The fraction of sp³-hybridized carbons (Fsp3) is 0.794. The standard InChI is InChI=1S/C34H52O7/c1-19(11-10-12-20(2)30(38)39)24-17-28(41-22(4)36)34(9)29-23(13-16-33(24,34)8)32(7)15-14-27(40-21(3)35)31(5,6)26(32)18-25(29)37/h12,19,24-28,37H,10-11,13-18H2,1-9H3,(H,38,39). The van der Waals surface area contributed by atoms with Crippen molar-refractivity contribution in [1.29, 1.82) is 0 Å². The van der Waals surface area contributed by atoms with Crippen LogP contribution in [0.1, 0.15) is 114 Å². The zero-order valence-electron chi connectivity index (χ0n) is 26.6. The van der Waals surface area contributed by atoms with Crippen molar-refractivity contribution < 1.29 is 34.1 Å². The van der Waals surface area contributed by atoms with Crippen LogP contribution in [0.4, 0.5) is 0 Å². The molecule has 0 aliphatic heterocycles. The summed E-state index contributed by atoms with van der Waals surface area (Å²) >= 11 is 0. The number of ether oxygens (including phenoxy) is 2. The minimum Gasteiger partial charge on any atom is -0.478 e. The van der Waals surface area contributed by atoms with E-state index in [1.165, 1.54) is 19.4 Å². The van der Waals surface area contributed by atoms with Crippen LogP contribution in [-0.4, -0.2) is 46.4 Å². The smallest absolute Gasteiger partial charge is 0.330 e. The number of allylic oxidation sites excluding steroid dienone is 2. The molecule has 4 aliphatic carbocycles. The molecule has 0 spiro atoms. The van der Waals surface area contributed by atoms with Gasteiger partial charge in [0.25, 0.3) is 0 Å². The van der Waals surface area contributed by atoms with Crippen molar-refractivity contribution in [1.82, 2.24) is 0 Å². The van der Waals surface area contributed by atoms with E-state index in [9.17, 15) is 24.6 Å². The average Bonchev–Trinajstić information content (AvgIpc) is 3.08. The third kappa shape index (κ3) is 4.98. The van der Waals surface area contributed by atoms with Gasteiger partial charge in [-0.1, -0.05) is 53.2 Å². The van der Waals surface area contributed by atoms with E-state index in [1.54, 1.807) is 13.0 Å². The molecule has 2 fully saturated rings. The number of fused-ring (bicyclic) bond motifs is 4. The van der Waals surface area contributed by atoms with Crippen LogP contribution in [0.2, 0.25) is 0 Å². The molecule has 4 aliphatic rings. The van der Waals surface area contributed by atoms with Crippen molar-refractivity contribution in [3.8, 4) is 0 Å². The van der Waals surface area contributed by atoms with Gasteiger partial charge in [0.1, 0.15) is 12.2 Å². The zero-order valence-corrected chi connectivity index (χ0v) is 26.6. The summed E-state index contributed by atoms with van der Waals surface area (Å²) in [5.74, 6) is -0.726. The summed E-state index contributed by atoms with van der Waals surface area (Å²) in [5, 5.41) is 21.3. The van der Waals surface area contributed by atoms with Gasteiger partial charge in [0.05, 0.1) is 6.10 Å². The number of carboxylic acid groups (broad SMARTS) is 1. The Kier molecular flexibility index (Phi) is 8.40. The SMILES string of the molecule is CC(=O)OC1CCC2(C)C3=C(C(O)CC2C1(C)C)C1(C)C(OC(C)=O)CC(C(C)CCC=C(C)C(=O)O)C1(C)CC3. The van der Waals surface area contributed by atoms with Crippen molar-refractivity contribution in [2.45, 2.75) is 132 Å². The quantitative estimate of drug-likeness (QED) is 0.200. The van der Waals surface area contributed by atoms with E-state index in [0.717, 1.165) is 44.1 Å². The summed E-state index contributed by atoms with van der Waals surface area (Å²) in [6.07, 6.45) is 7.04. The predicted octanol–water partition coefficient (Wildman–Crippen LogP) is 6.63. The first-order chi connectivity index (χ1) is 18.9. The summed E-state index contributed by atoms with van der Waals surface area (Å²) in [7, 11) is 0. The molecule has 0 aromatic heterocycles. The molecule has 0 saturated heterocycles. The van der Waals surface area contributed by atoms with E-state index in [2.05, 4.69) is 41.5 Å². The highest BCUT2D eigenvalue weighted by molar-refractivity contribution is 5.85. The topological polar surface area (TPSA) is 110 Å². The maximum atomic E-state index is 12.4. The fourth-order valence-electron chi connectivity index (χ4n) is 10.2. The van der Waals surface area contributed by atoms with Crippen molar-refractivity contribution in [2.75, 3.05) is 0 Å². The molecule has 9 atom stereocenters. The van der Waals surface area contributed by atoms with Crippen LogP contribution in [0, 0.1) is 39.4 Å². The van der Waals surface area contributed by atoms with Gasteiger partial charge in [-0.05, 0) is 92.4 Å². The van der Waals surface area contributed by atoms with Gasteiger partial charge in [0.2, 0.25) is 0 Å². The van der Waals surface area contributed by atoms with Gasteiger partial charge in [-0.15, -0.1) is 0 Å². The van der Waals surface area contributed by atoms with Gasteiger partial charge >= 0.3 is 17.9 Å². The number of esters is 2. The maximum Gasteiger partial charge on any atom is 0.330 e. The lowest BCUT2D eigenvalue weighted by molar-refractivity contribution is -0.171. The van der Waals surface area contributed by atoms with Crippen LogP contribution in [0.25, 0.3) is 0 Å². The highest BCUT2D eigenvalue weighted by Gasteiger charge is 2.69. The molecule has 0 aromatic rings. The molecule has 230 valence electrons. The van der Waals surface area contributed by atoms with Crippen LogP contribution in [-0.2, 0) is 23.9 Å². The Morgan fingerprint density at radius 3 is 2.17 bits per heavy atom. The molecule has 2 saturated carbocycles. The van der Waals surface area contributed by atoms with E-state index in [-0.39, 0.29) is 52.2 Å². The van der Waals surface area contributed by atoms with Crippen molar-refractivity contribution >= 4 is 17.9 Å². The lowest BCUT2D eigenvalue weighted by Gasteiger charge is -2.63. The van der Waals surface area contributed by atoms with Crippen LogP contribution in [0.5, 0.6) is 0 Å².